The fourth-order valence-corrected chi connectivity index (χ4v) is 1.94. The maximum absolute atomic E-state index is 11.8. The molecule has 0 radical (unpaired) electrons. The molecule has 0 aliphatic carbocycles. The zero-order chi connectivity index (χ0) is 11.5. The molecular weight excluding hydrogens is 202 g/mol. The lowest BCUT2D eigenvalue weighted by atomic mass is 10.1. The summed E-state index contributed by atoms with van der Waals surface area (Å²) in [5, 5.41) is 2.82. The number of nitrogens with one attached hydrogen (secondary N) is 1. The Morgan fingerprint density at radius 3 is 3.19 bits per heavy atom. The van der Waals surface area contributed by atoms with Gasteiger partial charge in [-0.05, 0) is 36.4 Å². The molecule has 0 saturated carbocycles. The minimum atomic E-state index is 0.0587. The summed E-state index contributed by atoms with van der Waals surface area (Å²) in [7, 11) is 0. The third kappa shape index (κ3) is 1.86. The highest BCUT2D eigenvalue weighted by atomic mass is 16.2. The SMILES string of the molecule is C=CNCC(=O)N1CCc2cc(N)ccc21. The van der Waals surface area contributed by atoms with Crippen LogP contribution in [0.4, 0.5) is 11.4 Å². The third-order valence-corrected chi connectivity index (χ3v) is 2.70. The Hall–Kier alpha value is -1.97. The van der Waals surface area contributed by atoms with Crippen molar-refractivity contribution in [2.24, 2.45) is 0 Å². The molecule has 4 nitrogen and oxygen atoms in total. The Kier molecular flexibility index (Phi) is 2.81. The van der Waals surface area contributed by atoms with Crippen LogP contribution >= 0.6 is 0 Å². The summed E-state index contributed by atoms with van der Waals surface area (Å²) in [6.45, 7) is 4.53. The van der Waals surface area contributed by atoms with Crippen molar-refractivity contribution < 1.29 is 4.79 Å². The van der Waals surface area contributed by atoms with Gasteiger partial charge in [0.25, 0.3) is 0 Å². The average Bonchev–Trinajstić information content (AvgIpc) is 2.68. The van der Waals surface area contributed by atoms with E-state index in [-0.39, 0.29) is 12.5 Å². The molecule has 1 aromatic rings. The van der Waals surface area contributed by atoms with Gasteiger partial charge in [-0.15, -0.1) is 0 Å². The smallest absolute Gasteiger partial charge is 0.246 e. The summed E-state index contributed by atoms with van der Waals surface area (Å²) in [5.41, 5.74) is 8.57. The predicted molar refractivity (Wildman–Crippen MR) is 65.1 cm³/mol. The summed E-state index contributed by atoms with van der Waals surface area (Å²) in [6, 6.07) is 5.67. The van der Waals surface area contributed by atoms with E-state index >= 15 is 0 Å². The first-order valence-electron chi connectivity index (χ1n) is 5.25. The second-order valence-electron chi connectivity index (χ2n) is 3.77. The van der Waals surface area contributed by atoms with Gasteiger partial charge < -0.3 is 16.0 Å². The number of hydrogen-bond acceptors (Lipinski definition) is 3. The molecule has 0 spiro atoms. The van der Waals surface area contributed by atoms with E-state index in [0.717, 1.165) is 29.9 Å². The van der Waals surface area contributed by atoms with E-state index in [1.807, 2.05) is 18.2 Å². The van der Waals surface area contributed by atoms with Crippen molar-refractivity contribution in [3.8, 4) is 0 Å². The maximum atomic E-state index is 11.8. The van der Waals surface area contributed by atoms with Crippen molar-refractivity contribution in [1.29, 1.82) is 0 Å². The Labute approximate surface area is 94.7 Å². The first-order valence-corrected chi connectivity index (χ1v) is 5.25. The van der Waals surface area contributed by atoms with Crippen LogP contribution in [0, 0.1) is 0 Å². The number of carbonyl (C=O) groups excluding carboxylic acids is 1. The van der Waals surface area contributed by atoms with Gasteiger partial charge in [-0.25, -0.2) is 0 Å². The molecule has 1 heterocycles. The Morgan fingerprint density at radius 1 is 1.62 bits per heavy atom. The number of rotatable bonds is 3. The third-order valence-electron chi connectivity index (χ3n) is 2.70. The Balaban J connectivity index is 2.17. The number of hydrogen-bond donors (Lipinski definition) is 2. The molecule has 84 valence electrons. The van der Waals surface area contributed by atoms with Crippen LogP contribution < -0.4 is 16.0 Å². The van der Waals surface area contributed by atoms with Crippen molar-refractivity contribution in [1.82, 2.24) is 5.32 Å². The predicted octanol–water partition coefficient (Wildman–Crippen LogP) is 0.891. The summed E-state index contributed by atoms with van der Waals surface area (Å²) < 4.78 is 0. The first kappa shape index (κ1) is 10.5. The summed E-state index contributed by atoms with van der Waals surface area (Å²) in [6.07, 6.45) is 2.40. The van der Waals surface area contributed by atoms with Crippen molar-refractivity contribution in [3.63, 3.8) is 0 Å². The molecule has 0 aromatic heterocycles. The number of benzene rings is 1. The van der Waals surface area contributed by atoms with Crippen LogP contribution in [0.25, 0.3) is 0 Å². The highest BCUT2D eigenvalue weighted by Gasteiger charge is 2.23. The largest absolute Gasteiger partial charge is 0.399 e. The molecule has 4 heteroatoms. The lowest BCUT2D eigenvalue weighted by molar-refractivity contribution is -0.117. The average molecular weight is 217 g/mol. The van der Waals surface area contributed by atoms with E-state index in [4.69, 9.17) is 5.73 Å². The van der Waals surface area contributed by atoms with Gasteiger partial charge in [0.05, 0.1) is 6.54 Å². The van der Waals surface area contributed by atoms with E-state index < -0.39 is 0 Å². The molecule has 3 N–H and O–H groups in total. The standard InChI is InChI=1S/C12H15N3O/c1-2-14-8-12(16)15-6-5-9-7-10(13)3-4-11(9)15/h2-4,7,14H,1,5-6,8,13H2. The molecule has 1 aliphatic heterocycles. The van der Waals surface area contributed by atoms with Gasteiger partial charge in [-0.1, -0.05) is 6.58 Å². The first-order chi connectivity index (χ1) is 7.72. The number of fused-ring (bicyclic) bond motifs is 1. The van der Waals surface area contributed by atoms with Gasteiger partial charge in [0, 0.05) is 17.9 Å². The molecule has 2 rings (SSSR count). The monoisotopic (exact) mass is 217 g/mol. The van der Waals surface area contributed by atoms with E-state index in [1.165, 1.54) is 6.20 Å². The van der Waals surface area contributed by atoms with Crippen LogP contribution in [0.2, 0.25) is 0 Å². The maximum Gasteiger partial charge on any atom is 0.246 e. The van der Waals surface area contributed by atoms with Crippen molar-refractivity contribution in [3.05, 3.63) is 36.5 Å². The van der Waals surface area contributed by atoms with E-state index in [2.05, 4.69) is 11.9 Å². The van der Waals surface area contributed by atoms with Gasteiger partial charge in [0.2, 0.25) is 5.91 Å². The van der Waals surface area contributed by atoms with E-state index in [0.29, 0.717) is 0 Å². The highest BCUT2D eigenvalue weighted by molar-refractivity contribution is 5.97. The van der Waals surface area contributed by atoms with Crippen LogP contribution in [0.1, 0.15) is 5.56 Å². The highest BCUT2D eigenvalue weighted by Crippen LogP contribution is 2.29. The number of carbonyl (C=O) groups is 1. The van der Waals surface area contributed by atoms with Crippen molar-refractivity contribution >= 4 is 17.3 Å². The van der Waals surface area contributed by atoms with Crippen molar-refractivity contribution in [2.45, 2.75) is 6.42 Å². The zero-order valence-corrected chi connectivity index (χ0v) is 9.07. The number of nitrogens with zero attached hydrogens (tertiary/aromatic N) is 1. The molecular formula is C12H15N3O. The summed E-state index contributed by atoms with van der Waals surface area (Å²) >= 11 is 0. The molecule has 0 bridgehead atoms. The van der Waals surface area contributed by atoms with Gasteiger partial charge in [0.1, 0.15) is 0 Å². The van der Waals surface area contributed by atoms with Gasteiger partial charge >= 0.3 is 0 Å². The second-order valence-corrected chi connectivity index (χ2v) is 3.77. The molecule has 0 unspecified atom stereocenters. The molecule has 0 saturated heterocycles. The zero-order valence-electron chi connectivity index (χ0n) is 9.07. The molecule has 1 aromatic carbocycles. The molecule has 0 atom stereocenters. The van der Waals surface area contributed by atoms with Gasteiger partial charge in [0.15, 0.2) is 0 Å². The quantitative estimate of drug-likeness (QED) is 0.739. The van der Waals surface area contributed by atoms with Crippen LogP contribution in [0.3, 0.4) is 0 Å². The molecule has 16 heavy (non-hydrogen) atoms. The number of nitrogens with two attached hydrogens (primary N) is 1. The summed E-state index contributed by atoms with van der Waals surface area (Å²) in [4.78, 5) is 13.6. The molecule has 1 amide bonds. The minimum absolute atomic E-state index is 0.0587. The van der Waals surface area contributed by atoms with Crippen molar-refractivity contribution in [2.75, 3.05) is 23.7 Å². The van der Waals surface area contributed by atoms with E-state index in [1.54, 1.807) is 4.90 Å². The Bertz CT molecular complexity index is 428. The fraction of sp³-hybridized carbons (Fsp3) is 0.250. The molecule has 1 aliphatic rings. The number of nitrogen functional groups attached to an aromatic ring is 1. The second kappa shape index (κ2) is 4.26. The minimum Gasteiger partial charge on any atom is -0.399 e. The Morgan fingerprint density at radius 2 is 2.44 bits per heavy atom. The van der Waals surface area contributed by atoms with Crippen LogP contribution in [0.5, 0.6) is 0 Å². The lowest BCUT2D eigenvalue weighted by Gasteiger charge is -2.17. The van der Waals surface area contributed by atoms with E-state index in [9.17, 15) is 4.79 Å². The number of anilines is 2. The van der Waals surface area contributed by atoms with Gasteiger partial charge in [-0.3, -0.25) is 4.79 Å². The van der Waals surface area contributed by atoms with Crippen LogP contribution in [0.15, 0.2) is 31.0 Å². The normalized spacial score (nSPS) is 13.4. The van der Waals surface area contributed by atoms with Crippen LogP contribution in [-0.2, 0) is 11.2 Å². The van der Waals surface area contributed by atoms with Crippen LogP contribution in [-0.4, -0.2) is 19.0 Å². The molecule has 0 fully saturated rings. The fourth-order valence-electron chi connectivity index (χ4n) is 1.94. The lowest BCUT2D eigenvalue weighted by Crippen LogP contribution is -2.35. The van der Waals surface area contributed by atoms with Gasteiger partial charge in [-0.2, -0.15) is 0 Å². The number of amides is 1. The summed E-state index contributed by atoms with van der Waals surface area (Å²) in [5.74, 6) is 0.0587. The topological polar surface area (TPSA) is 58.4 Å².